The summed E-state index contributed by atoms with van der Waals surface area (Å²) in [4.78, 5) is 24.3. The fourth-order valence-electron chi connectivity index (χ4n) is 4.77. The molecule has 0 radical (unpaired) electrons. The maximum absolute atomic E-state index is 13.6. The summed E-state index contributed by atoms with van der Waals surface area (Å²) in [5.74, 6) is 1.91. The lowest BCUT2D eigenvalue weighted by atomic mass is 9.92. The Kier molecular flexibility index (Phi) is 4.40. The predicted octanol–water partition coefficient (Wildman–Crippen LogP) is 4.48. The van der Waals surface area contributed by atoms with Gasteiger partial charge in [0.05, 0.1) is 11.1 Å². The van der Waals surface area contributed by atoms with Gasteiger partial charge < -0.3 is 4.90 Å². The fraction of sp³-hybridized carbons (Fsp3) is 0.292. The van der Waals surface area contributed by atoms with Crippen LogP contribution in [0.4, 0.5) is 0 Å². The van der Waals surface area contributed by atoms with Crippen LogP contribution in [-0.4, -0.2) is 27.3 Å². The minimum Gasteiger partial charge on any atom is -0.334 e. The Morgan fingerprint density at radius 3 is 2.71 bits per heavy atom. The third kappa shape index (κ3) is 3.19. The van der Waals surface area contributed by atoms with Gasteiger partial charge in [-0.25, -0.2) is 0 Å². The summed E-state index contributed by atoms with van der Waals surface area (Å²) < 4.78 is 0. The zero-order valence-electron chi connectivity index (χ0n) is 15.7. The predicted molar refractivity (Wildman–Crippen MR) is 110 cm³/mol. The van der Waals surface area contributed by atoms with Crippen LogP contribution >= 0.6 is 0 Å². The number of carbonyl (C=O) groups is 1. The van der Waals surface area contributed by atoms with Gasteiger partial charge in [-0.3, -0.25) is 14.8 Å². The normalized spacial score (nSPS) is 22.6. The minimum atomic E-state index is 0.0555. The van der Waals surface area contributed by atoms with E-state index in [0.717, 1.165) is 23.0 Å². The first kappa shape index (κ1) is 17.1. The topological polar surface area (TPSA) is 46.1 Å². The van der Waals surface area contributed by atoms with Crippen molar-refractivity contribution in [1.82, 2.24) is 14.9 Å². The van der Waals surface area contributed by atoms with E-state index in [1.165, 1.54) is 12.8 Å². The van der Waals surface area contributed by atoms with Crippen LogP contribution in [0.3, 0.4) is 0 Å². The van der Waals surface area contributed by atoms with Crippen LogP contribution in [-0.2, 0) is 6.54 Å². The number of amides is 1. The largest absolute Gasteiger partial charge is 0.334 e. The van der Waals surface area contributed by atoms with Crippen LogP contribution in [0.1, 0.15) is 28.8 Å². The molecule has 28 heavy (non-hydrogen) atoms. The summed E-state index contributed by atoms with van der Waals surface area (Å²) in [5, 5.41) is 0.998. The van der Waals surface area contributed by atoms with Crippen LogP contribution in [0.5, 0.6) is 0 Å². The van der Waals surface area contributed by atoms with Crippen molar-refractivity contribution >= 4 is 16.8 Å². The Bertz CT molecular complexity index is 1020. The molecule has 3 unspecified atom stereocenters. The number of pyridine rings is 2. The number of benzene rings is 1. The quantitative estimate of drug-likeness (QED) is 0.623. The van der Waals surface area contributed by atoms with Crippen LogP contribution in [0.2, 0.25) is 0 Å². The van der Waals surface area contributed by atoms with Crippen LogP contribution in [0.15, 0.2) is 73.2 Å². The molecule has 1 amide bonds. The Hall–Kier alpha value is -3.01. The molecule has 2 bridgehead atoms. The molecule has 2 aliphatic rings. The number of allylic oxidation sites excluding steroid dienone is 2. The summed E-state index contributed by atoms with van der Waals surface area (Å²) in [5.41, 5.74) is 2.52. The molecule has 3 atom stereocenters. The van der Waals surface area contributed by atoms with E-state index in [0.29, 0.717) is 29.9 Å². The molecule has 1 saturated carbocycles. The van der Waals surface area contributed by atoms with E-state index in [2.05, 4.69) is 22.1 Å². The molecule has 0 N–H and O–H groups in total. The van der Waals surface area contributed by atoms with Crippen molar-refractivity contribution in [3.63, 3.8) is 0 Å². The zero-order chi connectivity index (χ0) is 18.9. The second-order valence-electron chi connectivity index (χ2n) is 7.97. The van der Waals surface area contributed by atoms with E-state index in [1.54, 1.807) is 12.4 Å². The lowest BCUT2D eigenvalue weighted by Gasteiger charge is -2.29. The van der Waals surface area contributed by atoms with Crippen molar-refractivity contribution < 1.29 is 4.79 Å². The van der Waals surface area contributed by atoms with E-state index in [4.69, 9.17) is 0 Å². The molecule has 1 fully saturated rings. The molecule has 4 nitrogen and oxygen atoms in total. The highest BCUT2D eigenvalue weighted by atomic mass is 16.2. The Morgan fingerprint density at radius 2 is 1.93 bits per heavy atom. The number of para-hydroxylation sites is 1. The molecule has 0 aliphatic heterocycles. The van der Waals surface area contributed by atoms with Crippen molar-refractivity contribution in [2.75, 3.05) is 6.54 Å². The third-order valence-corrected chi connectivity index (χ3v) is 6.12. The molecule has 2 heterocycles. The summed E-state index contributed by atoms with van der Waals surface area (Å²) in [6.45, 7) is 1.36. The lowest BCUT2D eigenvalue weighted by Crippen LogP contribution is -2.36. The molecular weight excluding hydrogens is 346 g/mol. The third-order valence-electron chi connectivity index (χ3n) is 6.12. The molecule has 3 aromatic rings. The number of hydrogen-bond acceptors (Lipinski definition) is 3. The number of carbonyl (C=O) groups excluding carboxylic acids is 1. The van der Waals surface area contributed by atoms with Crippen molar-refractivity contribution in [2.45, 2.75) is 19.4 Å². The second-order valence-corrected chi connectivity index (χ2v) is 7.97. The summed E-state index contributed by atoms with van der Waals surface area (Å²) in [6.07, 6.45) is 12.5. The second kappa shape index (κ2) is 7.19. The average molecular weight is 369 g/mol. The van der Waals surface area contributed by atoms with E-state index >= 15 is 0 Å². The summed E-state index contributed by atoms with van der Waals surface area (Å²) >= 11 is 0. The van der Waals surface area contributed by atoms with Crippen molar-refractivity contribution in [2.24, 2.45) is 17.8 Å². The molecule has 1 aromatic carbocycles. The first-order chi connectivity index (χ1) is 13.8. The van der Waals surface area contributed by atoms with E-state index in [9.17, 15) is 4.79 Å². The van der Waals surface area contributed by atoms with Gasteiger partial charge in [0, 0.05) is 37.1 Å². The van der Waals surface area contributed by atoms with Gasteiger partial charge in [0.25, 0.3) is 5.91 Å². The van der Waals surface area contributed by atoms with E-state index in [-0.39, 0.29) is 5.91 Å². The molecular formula is C24H23N3O. The Morgan fingerprint density at radius 1 is 1.04 bits per heavy atom. The van der Waals surface area contributed by atoms with Gasteiger partial charge >= 0.3 is 0 Å². The Labute approximate surface area is 164 Å². The molecule has 4 heteroatoms. The summed E-state index contributed by atoms with van der Waals surface area (Å²) in [6, 6.07) is 13.7. The summed E-state index contributed by atoms with van der Waals surface area (Å²) in [7, 11) is 0. The van der Waals surface area contributed by atoms with E-state index in [1.807, 2.05) is 53.6 Å². The first-order valence-corrected chi connectivity index (χ1v) is 9.98. The molecule has 140 valence electrons. The monoisotopic (exact) mass is 369 g/mol. The average Bonchev–Trinajstić information content (AvgIpc) is 3.36. The van der Waals surface area contributed by atoms with Gasteiger partial charge in [-0.05, 0) is 54.4 Å². The maximum Gasteiger partial charge on any atom is 0.256 e. The molecule has 5 rings (SSSR count). The van der Waals surface area contributed by atoms with Gasteiger partial charge in [0.15, 0.2) is 0 Å². The Balaban J connectivity index is 1.47. The van der Waals surface area contributed by atoms with Crippen molar-refractivity contribution in [1.29, 1.82) is 0 Å². The smallest absolute Gasteiger partial charge is 0.256 e. The highest BCUT2D eigenvalue weighted by Crippen LogP contribution is 2.43. The molecule has 2 aromatic heterocycles. The zero-order valence-corrected chi connectivity index (χ0v) is 15.7. The number of hydrogen-bond donors (Lipinski definition) is 0. The first-order valence-electron chi connectivity index (χ1n) is 9.98. The van der Waals surface area contributed by atoms with Crippen LogP contribution in [0, 0.1) is 17.8 Å². The van der Waals surface area contributed by atoms with Gasteiger partial charge in [0.2, 0.25) is 0 Å². The fourth-order valence-corrected chi connectivity index (χ4v) is 4.77. The van der Waals surface area contributed by atoms with Crippen LogP contribution < -0.4 is 0 Å². The van der Waals surface area contributed by atoms with E-state index < -0.39 is 0 Å². The van der Waals surface area contributed by atoms with Gasteiger partial charge in [-0.2, -0.15) is 0 Å². The van der Waals surface area contributed by atoms with Crippen molar-refractivity contribution in [3.8, 4) is 0 Å². The molecule has 2 aliphatic carbocycles. The van der Waals surface area contributed by atoms with Gasteiger partial charge in [0.1, 0.15) is 0 Å². The molecule has 0 saturated heterocycles. The van der Waals surface area contributed by atoms with Crippen molar-refractivity contribution in [3.05, 3.63) is 84.3 Å². The van der Waals surface area contributed by atoms with Gasteiger partial charge in [-0.15, -0.1) is 0 Å². The van der Waals surface area contributed by atoms with Crippen LogP contribution in [0.25, 0.3) is 10.9 Å². The SMILES string of the molecule is O=C(c1cccc2cccnc12)N(Cc1cccnc1)CC1CC2C=CC1C2. The molecule has 0 spiro atoms. The maximum atomic E-state index is 13.6. The highest BCUT2D eigenvalue weighted by molar-refractivity contribution is 6.05. The number of fused-ring (bicyclic) bond motifs is 3. The number of aromatic nitrogens is 2. The number of rotatable bonds is 5. The lowest BCUT2D eigenvalue weighted by molar-refractivity contribution is 0.0706. The van der Waals surface area contributed by atoms with Gasteiger partial charge in [-0.1, -0.05) is 36.4 Å². The minimum absolute atomic E-state index is 0.0555. The highest BCUT2D eigenvalue weighted by Gasteiger charge is 2.37. The standard InChI is InChI=1S/C24H23N3O/c28-24(22-7-1-5-19-6-3-11-26-23(19)22)27(15-18-4-2-10-25-14-18)16-21-13-17-8-9-20(21)12-17/h1-11,14,17,20-21H,12-13,15-16H2. The number of nitrogens with zero attached hydrogens (tertiary/aromatic N) is 3.